The third-order valence-electron chi connectivity index (χ3n) is 4.08. The number of amides is 1. The number of aliphatic carboxylic acids is 1. The summed E-state index contributed by atoms with van der Waals surface area (Å²) in [6.07, 6.45) is 1.46. The van der Waals surface area contributed by atoms with Gasteiger partial charge in [-0.05, 0) is 42.8 Å². The summed E-state index contributed by atoms with van der Waals surface area (Å²) >= 11 is 0. The molecule has 7 heteroatoms. The van der Waals surface area contributed by atoms with Gasteiger partial charge in [0.25, 0.3) is 5.91 Å². The van der Waals surface area contributed by atoms with Crippen molar-refractivity contribution >= 4 is 23.6 Å². The van der Waals surface area contributed by atoms with Crippen LogP contribution in [0.15, 0.2) is 54.3 Å². The van der Waals surface area contributed by atoms with Crippen molar-refractivity contribution in [3.05, 3.63) is 59.9 Å². The third kappa shape index (κ3) is 4.62. The van der Waals surface area contributed by atoms with Crippen molar-refractivity contribution in [1.82, 2.24) is 0 Å². The zero-order chi connectivity index (χ0) is 19.9. The Morgan fingerprint density at radius 3 is 2.68 bits per heavy atom. The second-order valence-corrected chi connectivity index (χ2v) is 5.97. The standard InChI is InChI=1S/C21H21NO6/c1-2-26-19(21(24)25)13-15-7-9-16(10-8-15)27-12-11-22-17-5-3-4-6-18(17)28-14-20(22)23/h3-10,13H,2,11-12,14H2,1H3,(H,24,25)/b19-13-. The van der Waals surface area contributed by atoms with Crippen molar-refractivity contribution in [3.63, 3.8) is 0 Å². The summed E-state index contributed by atoms with van der Waals surface area (Å²) < 4.78 is 16.2. The Labute approximate surface area is 162 Å². The van der Waals surface area contributed by atoms with Crippen molar-refractivity contribution in [3.8, 4) is 11.5 Å². The van der Waals surface area contributed by atoms with Gasteiger partial charge in [-0.25, -0.2) is 4.79 Å². The van der Waals surface area contributed by atoms with E-state index in [-0.39, 0.29) is 24.9 Å². The van der Waals surface area contributed by atoms with E-state index in [1.165, 1.54) is 6.08 Å². The molecule has 1 aliphatic rings. The van der Waals surface area contributed by atoms with E-state index >= 15 is 0 Å². The number of anilines is 1. The molecule has 0 aliphatic carbocycles. The first-order valence-electron chi connectivity index (χ1n) is 8.91. The number of carboxylic acid groups (broad SMARTS) is 1. The topological polar surface area (TPSA) is 85.3 Å². The van der Waals surface area contributed by atoms with Crippen LogP contribution < -0.4 is 14.4 Å². The molecule has 2 aromatic carbocycles. The fourth-order valence-electron chi connectivity index (χ4n) is 2.79. The number of rotatable bonds is 8. The zero-order valence-electron chi connectivity index (χ0n) is 15.5. The first-order chi connectivity index (χ1) is 13.6. The quantitative estimate of drug-likeness (QED) is 0.557. The number of carbonyl (C=O) groups excluding carboxylic acids is 1. The minimum absolute atomic E-state index is 0.0176. The van der Waals surface area contributed by atoms with Gasteiger partial charge in [0, 0.05) is 0 Å². The molecule has 1 amide bonds. The smallest absolute Gasteiger partial charge is 0.371 e. The molecular weight excluding hydrogens is 362 g/mol. The third-order valence-corrected chi connectivity index (χ3v) is 4.08. The molecule has 3 rings (SSSR count). The average Bonchev–Trinajstić information content (AvgIpc) is 2.70. The van der Waals surface area contributed by atoms with Crippen LogP contribution in [0.4, 0.5) is 5.69 Å². The molecule has 1 N–H and O–H groups in total. The predicted octanol–water partition coefficient (Wildman–Crippen LogP) is 2.95. The molecule has 0 bridgehead atoms. The molecule has 7 nitrogen and oxygen atoms in total. The van der Waals surface area contributed by atoms with Crippen LogP contribution in [-0.2, 0) is 14.3 Å². The largest absolute Gasteiger partial charge is 0.492 e. The number of benzene rings is 2. The van der Waals surface area contributed by atoms with Crippen molar-refractivity contribution in [2.24, 2.45) is 0 Å². The van der Waals surface area contributed by atoms with Gasteiger partial charge in [0.1, 0.15) is 18.1 Å². The maximum Gasteiger partial charge on any atom is 0.371 e. The zero-order valence-corrected chi connectivity index (χ0v) is 15.5. The Morgan fingerprint density at radius 2 is 1.96 bits per heavy atom. The first-order valence-corrected chi connectivity index (χ1v) is 8.91. The van der Waals surface area contributed by atoms with Crippen molar-refractivity contribution in [1.29, 1.82) is 0 Å². The normalized spacial score (nSPS) is 13.5. The van der Waals surface area contributed by atoms with E-state index in [4.69, 9.17) is 19.3 Å². The SMILES string of the molecule is CCO/C(=C\c1ccc(OCCN2C(=O)COc3ccccc32)cc1)C(=O)O. The number of nitrogens with zero attached hydrogens (tertiary/aromatic N) is 1. The van der Waals surface area contributed by atoms with Crippen molar-refractivity contribution in [2.45, 2.75) is 6.92 Å². The van der Waals surface area contributed by atoms with Crippen molar-refractivity contribution in [2.75, 3.05) is 31.3 Å². The molecule has 0 saturated heterocycles. The Bertz CT molecular complexity index is 875. The number of para-hydroxylation sites is 2. The van der Waals surface area contributed by atoms with E-state index in [1.54, 1.807) is 36.1 Å². The summed E-state index contributed by atoms with van der Waals surface area (Å²) in [5, 5.41) is 9.09. The molecule has 0 unspecified atom stereocenters. The number of carbonyl (C=O) groups is 2. The van der Waals surface area contributed by atoms with E-state index in [2.05, 4.69) is 0 Å². The Kier molecular flexibility index (Phi) is 6.16. The van der Waals surface area contributed by atoms with Gasteiger partial charge in [-0.15, -0.1) is 0 Å². The monoisotopic (exact) mass is 383 g/mol. The van der Waals surface area contributed by atoms with Crippen LogP contribution in [-0.4, -0.2) is 43.3 Å². The fourth-order valence-corrected chi connectivity index (χ4v) is 2.79. The van der Waals surface area contributed by atoms with Gasteiger partial charge < -0.3 is 24.2 Å². The lowest BCUT2D eigenvalue weighted by Gasteiger charge is -2.29. The molecule has 146 valence electrons. The number of ether oxygens (including phenoxy) is 3. The fraction of sp³-hybridized carbons (Fsp3) is 0.238. The van der Waals surface area contributed by atoms with Crippen molar-refractivity contribution < 1.29 is 28.9 Å². The Morgan fingerprint density at radius 1 is 1.21 bits per heavy atom. The van der Waals surface area contributed by atoms with E-state index in [0.29, 0.717) is 30.2 Å². The maximum atomic E-state index is 12.1. The molecule has 1 heterocycles. The Hall–Kier alpha value is -3.48. The highest BCUT2D eigenvalue weighted by Gasteiger charge is 2.24. The van der Waals surface area contributed by atoms with Gasteiger partial charge in [0.05, 0.1) is 18.8 Å². The number of fused-ring (bicyclic) bond motifs is 1. The van der Waals surface area contributed by atoms with Crippen LogP contribution in [0.3, 0.4) is 0 Å². The van der Waals surface area contributed by atoms with Crippen LogP contribution >= 0.6 is 0 Å². The first kappa shape index (κ1) is 19.3. The molecule has 0 aromatic heterocycles. The molecular formula is C21H21NO6. The highest BCUT2D eigenvalue weighted by Crippen LogP contribution is 2.31. The molecule has 0 radical (unpaired) electrons. The summed E-state index contributed by atoms with van der Waals surface area (Å²) in [6, 6.07) is 14.4. The molecule has 28 heavy (non-hydrogen) atoms. The summed E-state index contributed by atoms with van der Waals surface area (Å²) in [5.74, 6) is -0.0283. The van der Waals surface area contributed by atoms with Gasteiger partial charge in [0.2, 0.25) is 5.76 Å². The highest BCUT2D eigenvalue weighted by molar-refractivity contribution is 5.97. The van der Waals surface area contributed by atoms with Gasteiger partial charge in [-0.2, -0.15) is 0 Å². The number of hydrogen-bond donors (Lipinski definition) is 1. The second-order valence-electron chi connectivity index (χ2n) is 5.97. The van der Waals surface area contributed by atoms with Crippen LogP contribution in [0.25, 0.3) is 6.08 Å². The van der Waals surface area contributed by atoms with E-state index < -0.39 is 5.97 Å². The van der Waals surface area contributed by atoms with Gasteiger partial charge in [-0.3, -0.25) is 4.79 Å². The Balaban J connectivity index is 1.59. The van der Waals surface area contributed by atoms with E-state index in [0.717, 1.165) is 5.69 Å². The van der Waals surface area contributed by atoms with Crippen LogP contribution in [0, 0.1) is 0 Å². The minimum atomic E-state index is -1.11. The lowest BCUT2D eigenvalue weighted by atomic mass is 10.2. The minimum Gasteiger partial charge on any atom is -0.492 e. The maximum absolute atomic E-state index is 12.1. The molecule has 0 spiro atoms. The molecule has 0 fully saturated rings. The summed E-state index contributed by atoms with van der Waals surface area (Å²) in [7, 11) is 0. The molecule has 1 aliphatic heterocycles. The molecule has 0 saturated carbocycles. The predicted molar refractivity (Wildman–Crippen MR) is 103 cm³/mol. The van der Waals surface area contributed by atoms with Gasteiger partial charge >= 0.3 is 5.97 Å². The molecule has 2 aromatic rings. The van der Waals surface area contributed by atoms with Gasteiger partial charge in [-0.1, -0.05) is 24.3 Å². The van der Waals surface area contributed by atoms with E-state index in [9.17, 15) is 9.59 Å². The molecule has 0 atom stereocenters. The summed E-state index contributed by atoms with van der Waals surface area (Å²) in [6.45, 7) is 2.74. The lowest BCUT2D eigenvalue weighted by Crippen LogP contribution is -2.41. The van der Waals surface area contributed by atoms with Crippen LogP contribution in [0.2, 0.25) is 0 Å². The summed E-state index contributed by atoms with van der Waals surface area (Å²) in [5.41, 5.74) is 1.43. The van der Waals surface area contributed by atoms with Crippen LogP contribution in [0.1, 0.15) is 12.5 Å². The van der Waals surface area contributed by atoms with Crippen LogP contribution in [0.5, 0.6) is 11.5 Å². The lowest BCUT2D eigenvalue weighted by molar-refractivity contribution is -0.136. The van der Waals surface area contributed by atoms with Gasteiger partial charge in [0.15, 0.2) is 6.61 Å². The highest BCUT2D eigenvalue weighted by atomic mass is 16.5. The second kappa shape index (κ2) is 8.94. The van der Waals surface area contributed by atoms with E-state index in [1.807, 2.05) is 24.3 Å². The average molecular weight is 383 g/mol. The summed E-state index contributed by atoms with van der Waals surface area (Å²) in [4.78, 5) is 24.9. The number of carboxylic acids is 1. The number of hydrogen-bond acceptors (Lipinski definition) is 5.